The van der Waals surface area contributed by atoms with Gasteiger partial charge in [-0.25, -0.2) is 0 Å². The molecule has 2 N–H and O–H groups in total. The van der Waals surface area contributed by atoms with E-state index in [1.165, 1.54) is 4.90 Å². The monoisotopic (exact) mass is 105 g/mol. The number of aliphatic hydroxyl groups excluding tert-OH is 2. The molecular weight excluding hydrogens is 94.0 g/mol. The minimum atomic E-state index is -0.0625. The van der Waals surface area contributed by atoms with Gasteiger partial charge in [0.2, 0.25) is 0 Å². The summed E-state index contributed by atoms with van der Waals surface area (Å²) in [6, 6.07) is 0. The predicted molar refractivity (Wildman–Crippen MR) is 26.6 cm³/mol. The fraction of sp³-hybridized carbons (Fsp3) is 1.00. The van der Waals surface area contributed by atoms with E-state index in [0.717, 1.165) is 0 Å². The molecule has 0 spiro atoms. The molecule has 0 saturated heterocycles. The Balaban J connectivity index is 2.99. The molecule has 3 heteroatoms. The van der Waals surface area contributed by atoms with E-state index in [-0.39, 0.29) is 13.5 Å². The van der Waals surface area contributed by atoms with Gasteiger partial charge in [0.15, 0.2) is 0 Å². The molecule has 0 rings (SSSR count). The van der Waals surface area contributed by atoms with Gasteiger partial charge in [-0.15, -0.1) is 0 Å². The highest BCUT2D eigenvalue weighted by Gasteiger charge is 1.91. The maximum absolute atomic E-state index is 8.29. The largest absolute Gasteiger partial charge is 0.381 e. The summed E-state index contributed by atoms with van der Waals surface area (Å²) in [5.41, 5.74) is 0. The van der Waals surface area contributed by atoms with Crippen LogP contribution in [0.2, 0.25) is 0 Å². The van der Waals surface area contributed by atoms with Gasteiger partial charge in [0, 0.05) is 0 Å². The molecule has 0 saturated carbocycles. The molecule has 44 valence electrons. The lowest BCUT2D eigenvalue weighted by Crippen LogP contribution is -2.24. The number of nitrogens with zero attached hydrogens (tertiary/aromatic N) is 1. The second-order valence-electron chi connectivity index (χ2n) is 1.27. The molecule has 0 aliphatic carbocycles. The molecule has 0 aromatic heterocycles. The summed E-state index contributed by atoms with van der Waals surface area (Å²) in [6.07, 6.45) is 0. The molecule has 0 aromatic carbocycles. The van der Waals surface area contributed by atoms with E-state index in [0.29, 0.717) is 6.54 Å². The van der Waals surface area contributed by atoms with Crippen LogP contribution in [-0.2, 0) is 0 Å². The van der Waals surface area contributed by atoms with E-state index < -0.39 is 0 Å². The first-order chi connectivity index (χ1) is 3.35. The van der Waals surface area contributed by atoms with Crippen LogP contribution in [0.25, 0.3) is 0 Å². The van der Waals surface area contributed by atoms with Crippen molar-refractivity contribution in [2.75, 3.05) is 20.0 Å². The van der Waals surface area contributed by atoms with Gasteiger partial charge in [-0.2, -0.15) is 0 Å². The number of hydrogen-bond donors (Lipinski definition) is 2. The maximum Gasteiger partial charge on any atom is 0.0974 e. The second kappa shape index (κ2) is 4.05. The molecule has 0 aromatic rings. The van der Waals surface area contributed by atoms with Gasteiger partial charge in [0.05, 0.1) is 13.5 Å². The highest BCUT2D eigenvalue weighted by atomic mass is 16.3. The molecule has 3 nitrogen and oxygen atoms in total. The van der Waals surface area contributed by atoms with E-state index in [4.69, 9.17) is 10.2 Å². The van der Waals surface area contributed by atoms with Crippen LogP contribution in [0.4, 0.5) is 0 Å². The molecule has 0 aliphatic heterocycles. The maximum atomic E-state index is 8.29. The van der Waals surface area contributed by atoms with E-state index in [2.05, 4.69) is 0 Å². The van der Waals surface area contributed by atoms with Crippen LogP contribution < -0.4 is 0 Å². The van der Waals surface area contributed by atoms with Crippen LogP contribution in [0.15, 0.2) is 0 Å². The van der Waals surface area contributed by atoms with E-state index in [1.807, 2.05) is 6.92 Å². The summed E-state index contributed by atoms with van der Waals surface area (Å²) in [4.78, 5) is 1.49. The lowest BCUT2D eigenvalue weighted by Gasteiger charge is -2.11. The average Bonchev–Trinajstić information content (AvgIpc) is 1.72. The first kappa shape index (κ1) is 6.88. The van der Waals surface area contributed by atoms with Gasteiger partial charge in [0.1, 0.15) is 0 Å². The topological polar surface area (TPSA) is 43.7 Å². The SMILES string of the molecule is CCN(CO)CO. The number of rotatable bonds is 3. The summed E-state index contributed by atoms with van der Waals surface area (Å²) in [5, 5.41) is 16.6. The van der Waals surface area contributed by atoms with E-state index in [1.54, 1.807) is 0 Å². The third-order valence-electron chi connectivity index (χ3n) is 0.847. The molecule has 7 heavy (non-hydrogen) atoms. The van der Waals surface area contributed by atoms with Crippen molar-refractivity contribution < 1.29 is 10.2 Å². The second-order valence-corrected chi connectivity index (χ2v) is 1.27. The minimum Gasteiger partial charge on any atom is -0.381 e. The zero-order valence-electron chi connectivity index (χ0n) is 4.46. The van der Waals surface area contributed by atoms with Gasteiger partial charge in [-0.05, 0) is 6.54 Å². The Bertz CT molecular complexity index is 31.2. The van der Waals surface area contributed by atoms with Gasteiger partial charge in [0.25, 0.3) is 0 Å². The lowest BCUT2D eigenvalue weighted by atomic mass is 10.7. The molecule has 0 radical (unpaired) electrons. The summed E-state index contributed by atoms with van der Waals surface area (Å²) >= 11 is 0. The van der Waals surface area contributed by atoms with Crippen molar-refractivity contribution in [2.45, 2.75) is 6.92 Å². The quantitative estimate of drug-likeness (QED) is 0.462. The Labute approximate surface area is 43.2 Å². The average molecular weight is 105 g/mol. The molecule has 0 heterocycles. The van der Waals surface area contributed by atoms with Crippen molar-refractivity contribution in [1.29, 1.82) is 0 Å². The lowest BCUT2D eigenvalue weighted by molar-refractivity contribution is 0.0340. The summed E-state index contributed by atoms with van der Waals surface area (Å²) in [7, 11) is 0. The first-order valence-corrected chi connectivity index (χ1v) is 2.29. The minimum absolute atomic E-state index is 0.0625. The molecule has 0 atom stereocenters. The predicted octanol–water partition coefficient (Wildman–Crippen LogP) is -0.792. The normalized spacial score (nSPS) is 10.3. The highest BCUT2D eigenvalue weighted by Crippen LogP contribution is 1.77. The van der Waals surface area contributed by atoms with E-state index >= 15 is 0 Å². The van der Waals surface area contributed by atoms with Crippen LogP contribution in [0.5, 0.6) is 0 Å². The zero-order chi connectivity index (χ0) is 5.70. The Morgan fingerprint density at radius 2 is 1.71 bits per heavy atom. The fourth-order valence-electron chi connectivity index (χ4n) is 0.245. The van der Waals surface area contributed by atoms with Crippen molar-refractivity contribution in [2.24, 2.45) is 0 Å². The van der Waals surface area contributed by atoms with Gasteiger partial charge in [-0.3, -0.25) is 4.90 Å². The Morgan fingerprint density at radius 3 is 1.71 bits per heavy atom. The van der Waals surface area contributed by atoms with Crippen molar-refractivity contribution in [3.05, 3.63) is 0 Å². The Hall–Kier alpha value is -0.120. The Morgan fingerprint density at radius 1 is 1.29 bits per heavy atom. The van der Waals surface area contributed by atoms with Crippen molar-refractivity contribution in [3.63, 3.8) is 0 Å². The first-order valence-electron chi connectivity index (χ1n) is 2.29. The molecular formula is C4H11NO2. The van der Waals surface area contributed by atoms with Crippen molar-refractivity contribution >= 4 is 0 Å². The molecule has 0 amide bonds. The molecule has 0 unspecified atom stereocenters. The van der Waals surface area contributed by atoms with Crippen molar-refractivity contribution in [3.8, 4) is 0 Å². The fourth-order valence-corrected chi connectivity index (χ4v) is 0.245. The zero-order valence-corrected chi connectivity index (χ0v) is 4.46. The summed E-state index contributed by atoms with van der Waals surface area (Å²) in [6.45, 7) is 2.43. The highest BCUT2D eigenvalue weighted by molar-refractivity contribution is 4.34. The number of aliphatic hydroxyl groups is 2. The van der Waals surface area contributed by atoms with E-state index in [9.17, 15) is 0 Å². The van der Waals surface area contributed by atoms with Crippen LogP contribution >= 0.6 is 0 Å². The summed E-state index contributed by atoms with van der Waals surface area (Å²) < 4.78 is 0. The van der Waals surface area contributed by atoms with Crippen LogP contribution in [-0.4, -0.2) is 35.1 Å². The molecule has 0 bridgehead atoms. The standard InChI is InChI=1S/C4H11NO2/c1-2-5(3-6)4-7/h6-7H,2-4H2,1H3. The molecule has 0 aliphatic rings. The number of hydrogen-bond acceptors (Lipinski definition) is 3. The molecule has 0 fully saturated rings. The third kappa shape index (κ3) is 2.56. The van der Waals surface area contributed by atoms with Gasteiger partial charge >= 0.3 is 0 Å². The smallest absolute Gasteiger partial charge is 0.0974 e. The Kier molecular flexibility index (Phi) is 3.98. The van der Waals surface area contributed by atoms with Crippen LogP contribution in [0.3, 0.4) is 0 Å². The summed E-state index contributed by atoms with van der Waals surface area (Å²) in [5.74, 6) is 0. The van der Waals surface area contributed by atoms with Crippen molar-refractivity contribution in [1.82, 2.24) is 4.90 Å². The van der Waals surface area contributed by atoms with Gasteiger partial charge < -0.3 is 10.2 Å². The van der Waals surface area contributed by atoms with Crippen LogP contribution in [0.1, 0.15) is 6.92 Å². The van der Waals surface area contributed by atoms with Gasteiger partial charge in [-0.1, -0.05) is 6.92 Å². The third-order valence-corrected chi connectivity index (χ3v) is 0.847. The van der Waals surface area contributed by atoms with Crippen LogP contribution in [0, 0.1) is 0 Å².